The minimum Gasteiger partial charge on any atom is -0.481 e. The zero-order chi connectivity index (χ0) is 17.9. The molecule has 0 aromatic heterocycles. The lowest BCUT2D eigenvalue weighted by Crippen LogP contribution is -2.46. The Morgan fingerprint density at radius 3 is 2.71 bits per heavy atom. The molecule has 9 heteroatoms. The van der Waals surface area contributed by atoms with E-state index >= 15 is 0 Å². The number of non-ortho nitro benzene ring substituents is 1. The van der Waals surface area contributed by atoms with Crippen molar-refractivity contribution in [2.45, 2.75) is 19.4 Å². The predicted octanol–water partition coefficient (Wildman–Crippen LogP) is 0.646. The molecule has 1 aliphatic rings. The Balaban J connectivity index is 1.99. The molecular formula is C15H17N3O6. The van der Waals surface area contributed by atoms with Crippen molar-refractivity contribution in [3.8, 4) is 0 Å². The van der Waals surface area contributed by atoms with Crippen molar-refractivity contribution in [1.82, 2.24) is 10.2 Å². The third-order valence-corrected chi connectivity index (χ3v) is 3.89. The second kappa shape index (κ2) is 7.07. The van der Waals surface area contributed by atoms with E-state index in [0.717, 1.165) is 6.07 Å². The van der Waals surface area contributed by atoms with Crippen molar-refractivity contribution in [3.63, 3.8) is 0 Å². The number of hydrogen-bond donors (Lipinski definition) is 2. The highest BCUT2D eigenvalue weighted by Crippen LogP contribution is 2.17. The molecule has 2 rings (SSSR count). The quantitative estimate of drug-likeness (QED) is 0.600. The second-order valence-corrected chi connectivity index (χ2v) is 5.61. The van der Waals surface area contributed by atoms with Gasteiger partial charge < -0.3 is 15.3 Å². The summed E-state index contributed by atoms with van der Waals surface area (Å²) in [5.41, 5.74) is -0.140. The Morgan fingerprint density at radius 2 is 2.12 bits per heavy atom. The summed E-state index contributed by atoms with van der Waals surface area (Å²) < 4.78 is 0. The van der Waals surface area contributed by atoms with Crippen LogP contribution in [0.4, 0.5) is 5.69 Å². The summed E-state index contributed by atoms with van der Waals surface area (Å²) in [6.07, 6.45) is 0.382. The van der Waals surface area contributed by atoms with Gasteiger partial charge in [0.2, 0.25) is 5.91 Å². The van der Waals surface area contributed by atoms with Gasteiger partial charge in [0.05, 0.1) is 10.8 Å². The number of likely N-dealkylation sites (tertiary alicyclic amines) is 1. The number of aliphatic carboxylic acids is 1. The molecule has 0 aliphatic carbocycles. The summed E-state index contributed by atoms with van der Waals surface area (Å²) in [7, 11) is 0. The molecule has 9 nitrogen and oxygen atoms in total. The topological polar surface area (TPSA) is 130 Å². The number of carboxylic acid groups (broad SMARTS) is 1. The van der Waals surface area contributed by atoms with Crippen LogP contribution in [-0.2, 0) is 9.59 Å². The fourth-order valence-corrected chi connectivity index (χ4v) is 2.54. The third-order valence-electron chi connectivity index (χ3n) is 3.89. The first kappa shape index (κ1) is 17.4. The van der Waals surface area contributed by atoms with Crippen LogP contribution in [-0.4, -0.2) is 51.8 Å². The van der Waals surface area contributed by atoms with Crippen molar-refractivity contribution in [3.05, 3.63) is 39.9 Å². The van der Waals surface area contributed by atoms with E-state index < -0.39 is 28.8 Å². The van der Waals surface area contributed by atoms with Crippen LogP contribution in [0, 0.1) is 16.0 Å². The van der Waals surface area contributed by atoms with E-state index in [1.54, 1.807) is 0 Å². The summed E-state index contributed by atoms with van der Waals surface area (Å²) in [6, 6.07) is 4.34. The zero-order valence-corrected chi connectivity index (χ0v) is 13.0. The molecule has 1 saturated heterocycles. The molecule has 1 aromatic carbocycles. The number of nitro benzene ring substituents is 1. The van der Waals surface area contributed by atoms with Crippen molar-refractivity contribution < 1.29 is 24.4 Å². The van der Waals surface area contributed by atoms with E-state index in [2.05, 4.69) is 5.32 Å². The van der Waals surface area contributed by atoms with Crippen LogP contribution >= 0.6 is 0 Å². The van der Waals surface area contributed by atoms with Gasteiger partial charge >= 0.3 is 5.97 Å². The van der Waals surface area contributed by atoms with Crippen molar-refractivity contribution in [2.75, 3.05) is 13.1 Å². The highest BCUT2D eigenvalue weighted by Gasteiger charge is 2.33. The molecule has 1 fully saturated rings. The lowest BCUT2D eigenvalue weighted by molar-refractivity contribution is -0.384. The number of benzene rings is 1. The maximum atomic E-state index is 12.3. The Bertz CT molecular complexity index is 690. The van der Waals surface area contributed by atoms with Crippen molar-refractivity contribution in [2.24, 2.45) is 5.92 Å². The summed E-state index contributed by atoms with van der Waals surface area (Å²) >= 11 is 0. The van der Waals surface area contributed by atoms with Gasteiger partial charge in [-0.05, 0) is 19.4 Å². The molecule has 1 heterocycles. The summed E-state index contributed by atoms with van der Waals surface area (Å²) in [5, 5.41) is 22.2. The molecule has 2 N–H and O–H groups in total. The fourth-order valence-electron chi connectivity index (χ4n) is 2.54. The number of rotatable bonds is 5. The number of carbonyl (C=O) groups is 3. The van der Waals surface area contributed by atoms with Gasteiger partial charge in [-0.1, -0.05) is 6.07 Å². The first-order valence-corrected chi connectivity index (χ1v) is 7.36. The molecule has 2 atom stereocenters. The monoisotopic (exact) mass is 335 g/mol. The Hall–Kier alpha value is -2.97. The van der Waals surface area contributed by atoms with E-state index in [-0.39, 0.29) is 23.7 Å². The molecule has 2 unspecified atom stereocenters. The average molecular weight is 335 g/mol. The van der Waals surface area contributed by atoms with Crippen LogP contribution in [0.3, 0.4) is 0 Å². The highest BCUT2D eigenvalue weighted by atomic mass is 16.6. The number of carboxylic acids is 1. The van der Waals surface area contributed by atoms with Gasteiger partial charge in [0.25, 0.3) is 11.6 Å². The molecule has 24 heavy (non-hydrogen) atoms. The summed E-state index contributed by atoms with van der Waals surface area (Å²) in [6.45, 7) is 1.93. The molecule has 0 saturated carbocycles. The Labute approximate surface area is 137 Å². The maximum Gasteiger partial charge on any atom is 0.308 e. The van der Waals surface area contributed by atoms with Gasteiger partial charge in [-0.2, -0.15) is 0 Å². The molecule has 0 bridgehead atoms. The number of hydrogen-bond acceptors (Lipinski definition) is 5. The lowest BCUT2D eigenvalue weighted by Gasteiger charge is -2.21. The van der Waals surface area contributed by atoms with Crippen LogP contribution in [0.5, 0.6) is 0 Å². The number of nitrogens with zero attached hydrogens (tertiary/aromatic N) is 2. The summed E-state index contributed by atoms with van der Waals surface area (Å²) in [5.74, 6) is -2.52. The third kappa shape index (κ3) is 3.86. The summed E-state index contributed by atoms with van der Waals surface area (Å²) in [4.78, 5) is 46.8. The first-order valence-electron chi connectivity index (χ1n) is 7.36. The zero-order valence-electron chi connectivity index (χ0n) is 13.0. The van der Waals surface area contributed by atoms with Crippen LogP contribution in [0.1, 0.15) is 23.7 Å². The lowest BCUT2D eigenvalue weighted by atomic mass is 10.1. The Kier molecular flexibility index (Phi) is 5.12. The maximum absolute atomic E-state index is 12.3. The van der Waals surface area contributed by atoms with Crippen molar-refractivity contribution in [1.29, 1.82) is 0 Å². The SMILES string of the molecule is CC(NC(=O)c1cccc([N+](=O)[O-])c1)C(=O)N1CCC(C(=O)O)C1. The fraction of sp³-hybridized carbons (Fsp3) is 0.400. The van der Waals surface area contributed by atoms with Gasteiger partial charge in [0, 0.05) is 30.8 Å². The molecule has 128 valence electrons. The van der Waals surface area contributed by atoms with Gasteiger partial charge in [-0.15, -0.1) is 0 Å². The Morgan fingerprint density at radius 1 is 1.42 bits per heavy atom. The number of nitro groups is 1. The van der Waals surface area contributed by atoms with Gasteiger partial charge in [0.1, 0.15) is 6.04 Å². The van der Waals surface area contributed by atoms with Gasteiger partial charge in [0.15, 0.2) is 0 Å². The average Bonchev–Trinajstić information content (AvgIpc) is 3.04. The molecule has 0 radical (unpaired) electrons. The number of amides is 2. The first-order chi connectivity index (χ1) is 11.3. The van der Waals surface area contributed by atoms with Crippen LogP contribution in [0.15, 0.2) is 24.3 Å². The smallest absolute Gasteiger partial charge is 0.308 e. The number of nitrogens with one attached hydrogen (secondary N) is 1. The van der Waals surface area contributed by atoms with Crippen LogP contribution < -0.4 is 5.32 Å². The molecule has 1 aromatic rings. The minimum absolute atomic E-state index is 0.0775. The number of carbonyl (C=O) groups excluding carboxylic acids is 2. The van der Waals surface area contributed by atoms with E-state index in [9.17, 15) is 24.5 Å². The van der Waals surface area contributed by atoms with E-state index in [4.69, 9.17) is 5.11 Å². The van der Waals surface area contributed by atoms with Crippen LogP contribution in [0.25, 0.3) is 0 Å². The van der Waals surface area contributed by atoms with Crippen molar-refractivity contribution >= 4 is 23.5 Å². The highest BCUT2D eigenvalue weighted by molar-refractivity contribution is 5.98. The molecule has 1 aliphatic heterocycles. The van der Waals surface area contributed by atoms with E-state index in [0.29, 0.717) is 13.0 Å². The van der Waals surface area contributed by atoms with Gasteiger partial charge in [-0.25, -0.2) is 0 Å². The van der Waals surface area contributed by atoms with E-state index in [1.807, 2.05) is 0 Å². The molecular weight excluding hydrogens is 318 g/mol. The largest absolute Gasteiger partial charge is 0.481 e. The minimum atomic E-state index is -0.946. The standard InChI is InChI=1S/C15H17N3O6/c1-9(14(20)17-6-5-11(8-17)15(21)22)16-13(19)10-3-2-4-12(7-10)18(23)24/h2-4,7,9,11H,5-6,8H2,1H3,(H,16,19)(H,21,22). The normalized spacial score (nSPS) is 18.0. The van der Waals surface area contributed by atoms with E-state index in [1.165, 1.54) is 30.0 Å². The van der Waals surface area contributed by atoms with Gasteiger partial charge in [-0.3, -0.25) is 24.5 Å². The molecule has 2 amide bonds. The molecule has 0 spiro atoms. The predicted molar refractivity (Wildman–Crippen MR) is 82.3 cm³/mol. The second-order valence-electron chi connectivity index (χ2n) is 5.61. The van der Waals surface area contributed by atoms with Crippen LogP contribution in [0.2, 0.25) is 0 Å².